The Hall–Kier alpha value is -3.16. The van der Waals surface area contributed by atoms with Crippen LogP contribution in [0.1, 0.15) is 26.2 Å². The summed E-state index contributed by atoms with van der Waals surface area (Å²) in [5.41, 5.74) is 2.99. The molecule has 4 rings (SSSR count). The van der Waals surface area contributed by atoms with Crippen LogP contribution >= 0.6 is 0 Å². The van der Waals surface area contributed by atoms with Crippen molar-refractivity contribution in [2.45, 2.75) is 38.3 Å². The molecule has 3 aromatic rings. The number of carbonyl (C=O) groups excluding carboxylic acids is 1. The van der Waals surface area contributed by atoms with Gasteiger partial charge >= 0.3 is 0 Å². The maximum atomic E-state index is 11.8. The molecule has 0 unspecified atom stereocenters. The van der Waals surface area contributed by atoms with E-state index in [1.165, 1.54) is 0 Å². The quantitative estimate of drug-likeness (QED) is 0.699. The summed E-state index contributed by atoms with van der Waals surface area (Å²) < 4.78 is 9.71. The van der Waals surface area contributed by atoms with Gasteiger partial charge < -0.3 is 10.1 Å². The molecule has 0 aromatic carbocycles. The van der Waals surface area contributed by atoms with E-state index in [4.69, 9.17) is 9.72 Å². The molecule has 2 atom stereocenters. The normalized spacial score (nSPS) is 19.3. The molecule has 1 N–H and O–H groups in total. The van der Waals surface area contributed by atoms with Gasteiger partial charge in [0.2, 0.25) is 11.8 Å². The minimum Gasteiger partial charge on any atom is -0.473 e. The molecule has 0 aliphatic heterocycles. The van der Waals surface area contributed by atoms with E-state index in [0.717, 1.165) is 36.0 Å². The van der Waals surface area contributed by atoms with E-state index in [1.807, 2.05) is 25.5 Å². The van der Waals surface area contributed by atoms with Gasteiger partial charge in [0.05, 0.1) is 24.3 Å². The third kappa shape index (κ3) is 3.55. The molecule has 8 heteroatoms. The molecule has 3 aromatic heterocycles. The highest BCUT2D eigenvalue weighted by atomic mass is 16.5. The van der Waals surface area contributed by atoms with E-state index in [2.05, 4.69) is 22.1 Å². The van der Waals surface area contributed by atoms with Crippen LogP contribution < -0.4 is 10.1 Å². The number of fused-ring (bicyclic) bond motifs is 1. The summed E-state index contributed by atoms with van der Waals surface area (Å²) in [5, 5.41) is 11.5. The number of aromatic nitrogens is 5. The Morgan fingerprint density at radius 1 is 1.33 bits per heavy atom. The highest BCUT2D eigenvalue weighted by Crippen LogP contribution is 2.28. The number of carbonyl (C=O) groups is 1. The number of nitrogens with zero attached hydrogens (tertiary/aromatic N) is 5. The lowest BCUT2D eigenvalue weighted by atomic mass is 10.2. The van der Waals surface area contributed by atoms with E-state index in [1.54, 1.807) is 28.5 Å². The first-order chi connectivity index (χ1) is 13.0. The van der Waals surface area contributed by atoms with Gasteiger partial charge in [-0.3, -0.25) is 9.48 Å². The first kappa shape index (κ1) is 17.3. The molecule has 3 heterocycles. The molecule has 1 saturated carbocycles. The van der Waals surface area contributed by atoms with E-state index >= 15 is 0 Å². The fourth-order valence-electron chi connectivity index (χ4n) is 3.32. The summed E-state index contributed by atoms with van der Waals surface area (Å²) in [5.74, 6) is 0.446. The second-order valence-electron chi connectivity index (χ2n) is 7.00. The van der Waals surface area contributed by atoms with Crippen molar-refractivity contribution in [1.29, 1.82) is 0 Å². The van der Waals surface area contributed by atoms with Crippen molar-refractivity contribution in [3.63, 3.8) is 0 Å². The summed E-state index contributed by atoms with van der Waals surface area (Å²) in [7, 11) is 1.87. The average Bonchev–Trinajstić information content (AvgIpc) is 3.35. The smallest absolute Gasteiger partial charge is 0.246 e. The van der Waals surface area contributed by atoms with E-state index in [9.17, 15) is 4.79 Å². The second kappa shape index (κ2) is 6.86. The first-order valence-corrected chi connectivity index (χ1v) is 8.96. The van der Waals surface area contributed by atoms with Crippen LogP contribution in [0.2, 0.25) is 0 Å². The van der Waals surface area contributed by atoms with Gasteiger partial charge in [0.15, 0.2) is 0 Å². The Kier molecular flexibility index (Phi) is 4.39. The summed E-state index contributed by atoms with van der Waals surface area (Å²) in [6.07, 6.45) is 9.74. The zero-order valence-electron chi connectivity index (χ0n) is 15.4. The van der Waals surface area contributed by atoms with Gasteiger partial charge in [-0.15, -0.1) is 0 Å². The monoisotopic (exact) mass is 366 g/mol. The van der Waals surface area contributed by atoms with Crippen LogP contribution in [-0.2, 0) is 11.8 Å². The van der Waals surface area contributed by atoms with Crippen molar-refractivity contribution in [3.05, 3.63) is 43.0 Å². The first-order valence-electron chi connectivity index (χ1n) is 8.96. The molecule has 27 heavy (non-hydrogen) atoms. The van der Waals surface area contributed by atoms with Gasteiger partial charge in [-0.2, -0.15) is 10.2 Å². The lowest BCUT2D eigenvalue weighted by molar-refractivity contribution is -0.118. The second-order valence-corrected chi connectivity index (χ2v) is 7.00. The minimum atomic E-state index is -0.101. The Bertz CT molecular complexity index is 1000. The number of ether oxygens (including phenoxy) is 1. The van der Waals surface area contributed by atoms with Crippen molar-refractivity contribution >= 4 is 11.4 Å². The summed E-state index contributed by atoms with van der Waals surface area (Å²) in [4.78, 5) is 16.5. The van der Waals surface area contributed by atoms with Gasteiger partial charge in [-0.1, -0.05) is 6.58 Å². The highest BCUT2D eigenvalue weighted by Gasteiger charge is 2.28. The van der Waals surface area contributed by atoms with Gasteiger partial charge in [-0.05, 0) is 25.8 Å². The van der Waals surface area contributed by atoms with Crippen molar-refractivity contribution in [2.24, 2.45) is 7.05 Å². The van der Waals surface area contributed by atoms with E-state index in [-0.39, 0.29) is 18.1 Å². The van der Waals surface area contributed by atoms with Crippen LogP contribution in [0.15, 0.2) is 43.0 Å². The number of aryl methyl sites for hydroxylation is 1. The summed E-state index contributed by atoms with van der Waals surface area (Å²) >= 11 is 0. The van der Waals surface area contributed by atoms with Crippen molar-refractivity contribution in [3.8, 4) is 17.1 Å². The molecule has 0 spiro atoms. The average molecular weight is 366 g/mol. The molecule has 1 aliphatic carbocycles. The lowest BCUT2D eigenvalue weighted by Crippen LogP contribution is -2.34. The van der Waals surface area contributed by atoms with Crippen LogP contribution in [0.25, 0.3) is 16.8 Å². The van der Waals surface area contributed by atoms with Gasteiger partial charge in [-0.25, -0.2) is 9.50 Å². The van der Waals surface area contributed by atoms with Crippen LogP contribution in [0.5, 0.6) is 5.88 Å². The minimum absolute atomic E-state index is 0.00392. The highest BCUT2D eigenvalue weighted by molar-refractivity contribution is 5.92. The third-order valence-electron chi connectivity index (χ3n) is 4.74. The van der Waals surface area contributed by atoms with Crippen molar-refractivity contribution in [1.82, 2.24) is 29.7 Å². The molecule has 1 fully saturated rings. The Labute approximate surface area is 156 Å². The standard InChI is InChI=1S/C19H22N6O2/c1-12(2)18(26)22-14-4-5-15(8-14)27-19-17-6-7-20-25(17)11-16(23-19)13-9-21-24(3)10-13/h6-7,9-11,14-15H,1,4-5,8H2,2-3H3,(H,22,26)/t14-,15-/m0/s1. The van der Waals surface area contributed by atoms with Crippen molar-refractivity contribution in [2.75, 3.05) is 0 Å². The van der Waals surface area contributed by atoms with Gasteiger partial charge in [0, 0.05) is 36.8 Å². The summed E-state index contributed by atoms with van der Waals surface area (Å²) in [6.45, 7) is 5.39. The predicted octanol–water partition coefficient (Wildman–Crippen LogP) is 2.12. The van der Waals surface area contributed by atoms with Crippen molar-refractivity contribution < 1.29 is 9.53 Å². The molecule has 140 valence electrons. The summed E-state index contributed by atoms with van der Waals surface area (Å²) in [6, 6.07) is 1.98. The fraction of sp³-hybridized carbons (Fsp3) is 0.368. The number of hydrogen-bond donors (Lipinski definition) is 1. The van der Waals surface area contributed by atoms with E-state index in [0.29, 0.717) is 11.5 Å². The predicted molar refractivity (Wildman–Crippen MR) is 100 cm³/mol. The number of amides is 1. The van der Waals surface area contributed by atoms with Gasteiger partial charge in [0.1, 0.15) is 11.6 Å². The third-order valence-corrected chi connectivity index (χ3v) is 4.74. The zero-order chi connectivity index (χ0) is 19.0. The Morgan fingerprint density at radius 3 is 2.93 bits per heavy atom. The Morgan fingerprint density at radius 2 is 2.19 bits per heavy atom. The molecule has 0 saturated heterocycles. The number of hydrogen-bond acceptors (Lipinski definition) is 5. The van der Waals surface area contributed by atoms with Crippen LogP contribution in [-0.4, -0.2) is 42.4 Å². The molecule has 1 aliphatic rings. The van der Waals surface area contributed by atoms with Crippen LogP contribution in [0.4, 0.5) is 0 Å². The zero-order valence-corrected chi connectivity index (χ0v) is 15.4. The van der Waals surface area contributed by atoms with Crippen LogP contribution in [0.3, 0.4) is 0 Å². The molecule has 1 amide bonds. The van der Waals surface area contributed by atoms with Gasteiger partial charge in [0.25, 0.3) is 0 Å². The van der Waals surface area contributed by atoms with Crippen LogP contribution in [0, 0.1) is 0 Å². The van der Waals surface area contributed by atoms with E-state index < -0.39 is 0 Å². The lowest BCUT2D eigenvalue weighted by Gasteiger charge is -2.16. The molecule has 0 bridgehead atoms. The molecule has 8 nitrogen and oxygen atoms in total. The maximum Gasteiger partial charge on any atom is 0.246 e. The molecule has 0 radical (unpaired) electrons. The number of rotatable bonds is 5. The SMILES string of the molecule is C=C(C)C(=O)N[C@H]1CC[C@H](Oc2nc(-c3cnn(C)c3)cn3nccc23)C1. The molecular formula is C19H22N6O2. The Balaban J connectivity index is 1.54. The number of nitrogens with one attached hydrogen (secondary N) is 1. The topological polar surface area (TPSA) is 86.3 Å². The largest absolute Gasteiger partial charge is 0.473 e. The molecular weight excluding hydrogens is 344 g/mol. The maximum absolute atomic E-state index is 11.8. The fourth-order valence-corrected chi connectivity index (χ4v) is 3.32.